The largest absolute Gasteiger partial charge is 0.299 e. The molecule has 0 aliphatic rings. The first-order valence-corrected chi connectivity index (χ1v) is 15.9. The lowest BCUT2D eigenvalue weighted by molar-refractivity contribution is 1.19. The average molecular weight is 593 g/mol. The van der Waals surface area contributed by atoms with E-state index in [2.05, 4.69) is 142 Å². The van der Waals surface area contributed by atoms with Crippen molar-refractivity contribution < 1.29 is 0 Å². The van der Waals surface area contributed by atoms with Crippen LogP contribution in [0.25, 0.3) is 87.0 Å². The van der Waals surface area contributed by atoms with E-state index in [0.717, 1.165) is 50.5 Å². The molecule has 0 N–H and O–H groups in total. The van der Waals surface area contributed by atoms with Crippen molar-refractivity contribution in [1.29, 1.82) is 0 Å². The van der Waals surface area contributed by atoms with Crippen LogP contribution in [0.15, 0.2) is 146 Å². The summed E-state index contributed by atoms with van der Waals surface area (Å²) in [5.41, 5.74) is 10.8. The van der Waals surface area contributed by atoms with E-state index in [-0.39, 0.29) is 0 Å². The van der Waals surface area contributed by atoms with Gasteiger partial charge in [-0.1, -0.05) is 91.0 Å². The highest BCUT2D eigenvalue weighted by atomic mass is 32.1. The van der Waals surface area contributed by atoms with E-state index in [1.807, 2.05) is 23.5 Å². The Bertz CT molecular complexity index is 2760. The van der Waals surface area contributed by atoms with Crippen molar-refractivity contribution in [1.82, 2.24) is 18.8 Å². The number of pyridine rings is 2. The molecule has 10 rings (SSSR count). The number of hydrogen-bond acceptors (Lipinski definition) is 3. The first-order chi connectivity index (χ1) is 22.3. The summed E-state index contributed by atoms with van der Waals surface area (Å²) in [7, 11) is 0. The van der Waals surface area contributed by atoms with Crippen molar-refractivity contribution in [3.63, 3.8) is 0 Å². The van der Waals surface area contributed by atoms with Crippen LogP contribution in [-0.2, 0) is 0 Å². The second-order valence-electron chi connectivity index (χ2n) is 11.5. The van der Waals surface area contributed by atoms with Crippen LogP contribution >= 0.6 is 11.3 Å². The summed E-state index contributed by atoms with van der Waals surface area (Å²) in [6, 6.07) is 49.6. The van der Waals surface area contributed by atoms with E-state index >= 15 is 0 Å². The number of thiazole rings is 1. The van der Waals surface area contributed by atoms with Gasteiger partial charge in [-0.25, -0.2) is 9.97 Å². The van der Waals surface area contributed by atoms with Gasteiger partial charge in [0.25, 0.3) is 0 Å². The molecule has 0 atom stereocenters. The molecule has 45 heavy (non-hydrogen) atoms. The number of nitrogens with zero attached hydrogens (tertiary/aromatic N) is 4. The molecule has 0 aliphatic carbocycles. The van der Waals surface area contributed by atoms with Gasteiger partial charge >= 0.3 is 0 Å². The fourth-order valence-electron chi connectivity index (χ4n) is 6.86. The van der Waals surface area contributed by atoms with Gasteiger partial charge < -0.3 is 0 Å². The molecule has 0 radical (unpaired) electrons. The predicted molar refractivity (Wildman–Crippen MR) is 188 cm³/mol. The van der Waals surface area contributed by atoms with Crippen LogP contribution < -0.4 is 0 Å². The number of hydrogen-bond donors (Lipinski definition) is 0. The Balaban J connectivity index is 1.19. The van der Waals surface area contributed by atoms with E-state index in [1.54, 1.807) is 0 Å². The van der Waals surface area contributed by atoms with Crippen LogP contribution in [0.2, 0.25) is 0 Å². The second kappa shape index (κ2) is 9.36. The Hall–Kier alpha value is -5.78. The normalized spacial score (nSPS) is 12.0. The lowest BCUT2D eigenvalue weighted by Crippen LogP contribution is -1.92. The van der Waals surface area contributed by atoms with Crippen molar-refractivity contribution in [3.8, 4) is 33.8 Å². The minimum absolute atomic E-state index is 0.938. The quantitative estimate of drug-likeness (QED) is 0.205. The van der Waals surface area contributed by atoms with Crippen LogP contribution in [0.4, 0.5) is 0 Å². The van der Waals surface area contributed by atoms with Gasteiger partial charge in [0.2, 0.25) is 0 Å². The maximum absolute atomic E-state index is 5.30. The Labute approximate surface area is 262 Å². The third kappa shape index (κ3) is 3.65. The molecule has 5 aromatic carbocycles. The number of benzene rings is 5. The first-order valence-electron chi connectivity index (χ1n) is 15.1. The second-order valence-corrected chi connectivity index (χ2v) is 12.6. The molecule has 0 saturated heterocycles. The fraction of sp³-hybridized carbons (Fsp3) is 0. The lowest BCUT2D eigenvalue weighted by atomic mass is 9.98. The van der Waals surface area contributed by atoms with Crippen molar-refractivity contribution in [3.05, 3.63) is 146 Å². The summed E-state index contributed by atoms with van der Waals surface area (Å²) in [4.78, 5) is 11.6. The standard InChI is InChI=1S/C40H24N4S/c1-2-10-25(11-3-1)37-39(43-21-9-8-16-35(43)42-37)29-20-18-26-22-28(19-17-27(26)23-29)38-40-31(30-12-4-5-13-32(30)41-38)24-36-44(40)33-14-6-7-15-34(33)45-36/h1-24H. The highest BCUT2D eigenvalue weighted by molar-refractivity contribution is 7.24. The molecule has 0 unspecified atom stereocenters. The van der Waals surface area contributed by atoms with E-state index in [0.29, 0.717) is 0 Å². The number of rotatable bonds is 3. The lowest BCUT2D eigenvalue weighted by Gasteiger charge is -2.11. The Kier molecular flexibility index (Phi) is 5.12. The minimum atomic E-state index is 0.938. The Morgan fingerprint density at radius 2 is 1.29 bits per heavy atom. The summed E-state index contributed by atoms with van der Waals surface area (Å²) < 4.78 is 5.87. The zero-order chi connectivity index (χ0) is 29.5. The SMILES string of the molecule is c1ccc(-c2nc3ccccn3c2-c2ccc3cc(-c4nc5ccccc5c5cc6sc7ccccc7n6c45)ccc3c2)cc1. The van der Waals surface area contributed by atoms with Gasteiger partial charge in [-0.15, -0.1) is 11.3 Å². The molecule has 5 heteroatoms. The Morgan fingerprint density at radius 3 is 2.20 bits per heavy atom. The summed E-state index contributed by atoms with van der Waals surface area (Å²) in [6.07, 6.45) is 2.10. The van der Waals surface area contributed by atoms with Crippen LogP contribution in [0.1, 0.15) is 0 Å². The van der Waals surface area contributed by atoms with E-state index in [9.17, 15) is 0 Å². The topological polar surface area (TPSA) is 34.6 Å². The van der Waals surface area contributed by atoms with Crippen LogP contribution in [-0.4, -0.2) is 18.8 Å². The van der Waals surface area contributed by atoms with Gasteiger partial charge in [-0.2, -0.15) is 0 Å². The van der Waals surface area contributed by atoms with Gasteiger partial charge in [0.05, 0.1) is 38.3 Å². The van der Waals surface area contributed by atoms with Gasteiger partial charge in [0.1, 0.15) is 10.5 Å². The predicted octanol–water partition coefficient (Wildman–Crippen LogP) is 10.7. The van der Waals surface area contributed by atoms with Gasteiger partial charge in [-0.3, -0.25) is 8.80 Å². The third-order valence-corrected chi connectivity index (χ3v) is 9.98. The molecular formula is C40H24N4S. The van der Waals surface area contributed by atoms with Gasteiger partial charge in [-0.05, 0) is 59.3 Å². The number of imidazole rings is 1. The molecule has 210 valence electrons. The van der Waals surface area contributed by atoms with Crippen molar-refractivity contribution in [2.75, 3.05) is 0 Å². The van der Waals surface area contributed by atoms with Crippen molar-refractivity contribution in [2.45, 2.75) is 0 Å². The molecule has 0 bridgehead atoms. The first kappa shape index (κ1) is 24.6. The minimum Gasteiger partial charge on any atom is -0.299 e. The maximum Gasteiger partial charge on any atom is 0.137 e. The summed E-state index contributed by atoms with van der Waals surface area (Å²) in [5.74, 6) is 0. The number of aromatic nitrogens is 4. The number of fused-ring (bicyclic) bond motifs is 9. The molecule has 10 aromatic rings. The molecule has 0 saturated carbocycles. The molecule has 0 amide bonds. The number of para-hydroxylation sites is 2. The highest BCUT2D eigenvalue weighted by Gasteiger charge is 2.19. The third-order valence-electron chi connectivity index (χ3n) is 8.90. The molecule has 5 aromatic heterocycles. The van der Waals surface area contributed by atoms with Crippen LogP contribution in [0, 0.1) is 0 Å². The summed E-state index contributed by atoms with van der Waals surface area (Å²) in [6.45, 7) is 0. The molecule has 5 heterocycles. The Morgan fingerprint density at radius 1 is 0.533 bits per heavy atom. The van der Waals surface area contributed by atoms with Crippen molar-refractivity contribution >= 4 is 64.6 Å². The maximum atomic E-state index is 5.30. The molecule has 0 spiro atoms. The molecular weight excluding hydrogens is 569 g/mol. The monoisotopic (exact) mass is 592 g/mol. The average Bonchev–Trinajstić information content (AvgIpc) is 3.78. The van der Waals surface area contributed by atoms with Gasteiger partial charge in [0.15, 0.2) is 0 Å². The fourth-order valence-corrected chi connectivity index (χ4v) is 7.96. The van der Waals surface area contributed by atoms with Crippen molar-refractivity contribution in [2.24, 2.45) is 0 Å². The smallest absolute Gasteiger partial charge is 0.137 e. The van der Waals surface area contributed by atoms with Crippen LogP contribution in [0.3, 0.4) is 0 Å². The summed E-state index contributed by atoms with van der Waals surface area (Å²) >= 11 is 1.83. The molecule has 4 nitrogen and oxygen atoms in total. The van der Waals surface area contributed by atoms with Crippen LogP contribution in [0.5, 0.6) is 0 Å². The van der Waals surface area contributed by atoms with Gasteiger partial charge in [0, 0.05) is 33.7 Å². The van der Waals surface area contributed by atoms with E-state index in [1.165, 1.54) is 36.6 Å². The molecule has 0 fully saturated rings. The molecule has 0 aliphatic heterocycles. The zero-order valence-electron chi connectivity index (χ0n) is 24.1. The highest BCUT2D eigenvalue weighted by Crippen LogP contribution is 2.41. The van der Waals surface area contributed by atoms with E-state index < -0.39 is 0 Å². The summed E-state index contributed by atoms with van der Waals surface area (Å²) in [5, 5.41) is 4.78. The van der Waals surface area contributed by atoms with E-state index in [4.69, 9.17) is 9.97 Å². The zero-order valence-corrected chi connectivity index (χ0v) is 24.9.